The molecule has 19 heavy (non-hydrogen) atoms. The summed E-state index contributed by atoms with van der Waals surface area (Å²) in [5.41, 5.74) is 8.38. The summed E-state index contributed by atoms with van der Waals surface area (Å²) in [7, 11) is 0. The first-order chi connectivity index (χ1) is 9.15. The van der Waals surface area contributed by atoms with Crippen molar-refractivity contribution in [2.75, 3.05) is 0 Å². The van der Waals surface area contributed by atoms with Gasteiger partial charge in [0.1, 0.15) is 6.10 Å². The normalized spacial score (nSPS) is 18.1. The highest BCUT2D eigenvalue weighted by atomic mass is 16.5. The SMILES string of the molecule is Cc1ccc(C2Cn3nnc(C(N)=O)c3CO2)cc1. The summed E-state index contributed by atoms with van der Waals surface area (Å²) in [6.07, 6.45) is -0.0736. The van der Waals surface area contributed by atoms with Gasteiger partial charge in [-0.15, -0.1) is 5.10 Å². The predicted octanol–water partition coefficient (Wildman–Crippen LogP) is 0.957. The molecule has 1 aliphatic rings. The van der Waals surface area contributed by atoms with Crippen LogP contribution in [0, 0.1) is 6.92 Å². The molecule has 1 aliphatic heterocycles. The summed E-state index contributed by atoms with van der Waals surface area (Å²) >= 11 is 0. The Bertz CT molecular complexity index is 618. The maximum atomic E-state index is 11.2. The van der Waals surface area contributed by atoms with Crippen LogP contribution in [0.25, 0.3) is 0 Å². The summed E-state index contributed by atoms with van der Waals surface area (Å²) in [5.74, 6) is -0.571. The Morgan fingerprint density at radius 3 is 2.84 bits per heavy atom. The van der Waals surface area contributed by atoms with Crippen LogP contribution in [-0.2, 0) is 17.9 Å². The minimum atomic E-state index is -0.571. The molecule has 3 rings (SSSR count). The van der Waals surface area contributed by atoms with E-state index in [9.17, 15) is 4.79 Å². The van der Waals surface area contributed by atoms with Crippen molar-refractivity contribution in [3.63, 3.8) is 0 Å². The number of benzene rings is 1. The molecule has 1 amide bonds. The van der Waals surface area contributed by atoms with Crippen LogP contribution in [0.1, 0.15) is 33.4 Å². The molecule has 1 atom stereocenters. The van der Waals surface area contributed by atoms with Crippen LogP contribution in [0.4, 0.5) is 0 Å². The standard InChI is InChI=1S/C13H14N4O2/c1-8-2-4-9(5-3-8)11-6-17-10(7-19-11)12(13(14)18)15-16-17/h2-5,11H,6-7H2,1H3,(H2,14,18). The highest BCUT2D eigenvalue weighted by Crippen LogP contribution is 2.26. The molecule has 2 N–H and O–H groups in total. The Balaban J connectivity index is 1.86. The molecule has 6 nitrogen and oxygen atoms in total. The molecule has 98 valence electrons. The van der Waals surface area contributed by atoms with Crippen LogP contribution in [0.15, 0.2) is 24.3 Å². The van der Waals surface area contributed by atoms with Gasteiger partial charge < -0.3 is 10.5 Å². The summed E-state index contributed by atoms with van der Waals surface area (Å²) in [6, 6.07) is 8.17. The first-order valence-corrected chi connectivity index (χ1v) is 6.05. The molecular formula is C13H14N4O2. The van der Waals surface area contributed by atoms with Crippen molar-refractivity contribution < 1.29 is 9.53 Å². The average molecular weight is 258 g/mol. The lowest BCUT2D eigenvalue weighted by Crippen LogP contribution is -2.24. The minimum absolute atomic E-state index is 0.0736. The molecule has 0 fully saturated rings. The van der Waals surface area contributed by atoms with Gasteiger partial charge in [0.2, 0.25) is 0 Å². The highest BCUT2D eigenvalue weighted by Gasteiger charge is 2.26. The van der Waals surface area contributed by atoms with Crippen LogP contribution in [-0.4, -0.2) is 20.9 Å². The number of hydrogen-bond donors (Lipinski definition) is 1. The van der Waals surface area contributed by atoms with Gasteiger partial charge in [-0.05, 0) is 12.5 Å². The molecular weight excluding hydrogens is 244 g/mol. The van der Waals surface area contributed by atoms with E-state index >= 15 is 0 Å². The van der Waals surface area contributed by atoms with Crippen molar-refractivity contribution in [3.8, 4) is 0 Å². The summed E-state index contributed by atoms with van der Waals surface area (Å²) in [6.45, 7) is 2.88. The van der Waals surface area contributed by atoms with E-state index in [1.165, 1.54) is 5.56 Å². The molecule has 1 aromatic heterocycles. The van der Waals surface area contributed by atoms with Gasteiger partial charge in [-0.25, -0.2) is 4.68 Å². The number of carbonyl (C=O) groups is 1. The number of amides is 1. The lowest BCUT2D eigenvalue weighted by molar-refractivity contribution is -0.00173. The van der Waals surface area contributed by atoms with E-state index in [2.05, 4.69) is 10.3 Å². The van der Waals surface area contributed by atoms with Gasteiger partial charge >= 0.3 is 0 Å². The van der Waals surface area contributed by atoms with Crippen LogP contribution < -0.4 is 5.73 Å². The zero-order chi connectivity index (χ0) is 13.4. The van der Waals surface area contributed by atoms with Crippen molar-refractivity contribution in [3.05, 3.63) is 46.8 Å². The van der Waals surface area contributed by atoms with Crippen molar-refractivity contribution in [2.24, 2.45) is 5.73 Å². The lowest BCUT2D eigenvalue weighted by atomic mass is 10.1. The Kier molecular flexibility index (Phi) is 2.79. The second-order valence-corrected chi connectivity index (χ2v) is 4.64. The number of aryl methyl sites for hydroxylation is 1. The summed E-state index contributed by atoms with van der Waals surface area (Å²) in [4.78, 5) is 11.2. The van der Waals surface area contributed by atoms with Crippen molar-refractivity contribution in [1.29, 1.82) is 0 Å². The molecule has 1 aromatic carbocycles. The van der Waals surface area contributed by atoms with Crippen molar-refractivity contribution in [1.82, 2.24) is 15.0 Å². The monoisotopic (exact) mass is 258 g/mol. The number of rotatable bonds is 2. The largest absolute Gasteiger partial charge is 0.365 e. The third-order valence-electron chi connectivity index (χ3n) is 3.28. The molecule has 2 aromatic rings. The van der Waals surface area contributed by atoms with E-state index in [1.54, 1.807) is 4.68 Å². The quantitative estimate of drug-likeness (QED) is 0.869. The van der Waals surface area contributed by atoms with Crippen LogP contribution in [0.3, 0.4) is 0 Å². The third-order valence-corrected chi connectivity index (χ3v) is 3.28. The predicted molar refractivity (Wildman–Crippen MR) is 67.2 cm³/mol. The van der Waals surface area contributed by atoms with Crippen LogP contribution >= 0.6 is 0 Å². The molecule has 0 radical (unpaired) electrons. The van der Waals surface area contributed by atoms with E-state index in [0.29, 0.717) is 18.8 Å². The highest BCUT2D eigenvalue weighted by molar-refractivity contribution is 5.91. The van der Waals surface area contributed by atoms with E-state index in [4.69, 9.17) is 10.5 Å². The molecule has 1 unspecified atom stereocenters. The number of ether oxygens (including phenoxy) is 1. The molecule has 0 saturated heterocycles. The van der Waals surface area contributed by atoms with Gasteiger partial charge in [0, 0.05) is 0 Å². The number of carbonyl (C=O) groups excluding carboxylic acids is 1. The lowest BCUT2D eigenvalue weighted by Gasteiger charge is -2.24. The van der Waals surface area contributed by atoms with Crippen LogP contribution in [0.5, 0.6) is 0 Å². The summed E-state index contributed by atoms with van der Waals surface area (Å²) in [5, 5.41) is 7.76. The van der Waals surface area contributed by atoms with E-state index in [0.717, 1.165) is 5.56 Å². The Morgan fingerprint density at radius 2 is 2.16 bits per heavy atom. The van der Waals surface area contributed by atoms with E-state index < -0.39 is 5.91 Å². The topological polar surface area (TPSA) is 83.0 Å². The van der Waals surface area contributed by atoms with Crippen molar-refractivity contribution in [2.45, 2.75) is 26.2 Å². The van der Waals surface area contributed by atoms with Gasteiger partial charge in [-0.2, -0.15) is 0 Å². The van der Waals surface area contributed by atoms with Gasteiger partial charge in [-0.1, -0.05) is 35.0 Å². The molecule has 0 aliphatic carbocycles. The van der Waals surface area contributed by atoms with Crippen molar-refractivity contribution >= 4 is 5.91 Å². The molecule has 0 spiro atoms. The number of aromatic nitrogens is 3. The second-order valence-electron chi connectivity index (χ2n) is 4.64. The number of nitrogens with two attached hydrogens (primary N) is 1. The van der Waals surface area contributed by atoms with Gasteiger partial charge in [0.25, 0.3) is 5.91 Å². The van der Waals surface area contributed by atoms with Gasteiger partial charge in [0.05, 0.1) is 18.8 Å². The van der Waals surface area contributed by atoms with E-state index in [1.807, 2.05) is 31.2 Å². The molecule has 0 bridgehead atoms. The summed E-state index contributed by atoms with van der Waals surface area (Å²) < 4.78 is 7.46. The van der Waals surface area contributed by atoms with Gasteiger partial charge in [-0.3, -0.25) is 4.79 Å². The second kappa shape index (κ2) is 4.47. The first kappa shape index (κ1) is 11.9. The molecule has 0 saturated carbocycles. The number of fused-ring (bicyclic) bond motifs is 1. The minimum Gasteiger partial charge on any atom is -0.365 e. The molecule has 2 heterocycles. The number of primary amides is 1. The maximum Gasteiger partial charge on any atom is 0.271 e. The fraction of sp³-hybridized carbons (Fsp3) is 0.308. The maximum absolute atomic E-state index is 11.2. The number of hydrogen-bond acceptors (Lipinski definition) is 4. The fourth-order valence-electron chi connectivity index (χ4n) is 2.19. The fourth-order valence-corrected chi connectivity index (χ4v) is 2.19. The first-order valence-electron chi connectivity index (χ1n) is 6.05. The smallest absolute Gasteiger partial charge is 0.271 e. The Morgan fingerprint density at radius 1 is 1.42 bits per heavy atom. The van der Waals surface area contributed by atoms with Gasteiger partial charge in [0.15, 0.2) is 5.69 Å². The molecule has 6 heteroatoms. The zero-order valence-corrected chi connectivity index (χ0v) is 10.5. The average Bonchev–Trinajstić information content (AvgIpc) is 2.82. The Labute approximate surface area is 110 Å². The third kappa shape index (κ3) is 2.10. The van der Waals surface area contributed by atoms with Crippen LogP contribution in [0.2, 0.25) is 0 Å². The Hall–Kier alpha value is -2.21. The zero-order valence-electron chi connectivity index (χ0n) is 10.5. The number of nitrogens with zero attached hydrogens (tertiary/aromatic N) is 3. The van der Waals surface area contributed by atoms with E-state index in [-0.39, 0.29) is 11.8 Å².